The van der Waals surface area contributed by atoms with E-state index in [1.54, 1.807) is 0 Å². The summed E-state index contributed by atoms with van der Waals surface area (Å²) in [7, 11) is 4.01. The second-order valence-corrected chi connectivity index (χ2v) is 5.22. The molecular formula is C17H17N3O. The standard InChI is InChI=1S/C17H17N3O/c1-12-7-9-13(10-8-12)16-18-19-17(21-16)14-5-4-6-15(11-14)20(2)3/h4-11H,1-3H3. The van der Waals surface area contributed by atoms with E-state index in [1.807, 2.05) is 67.5 Å². The Bertz CT molecular complexity index is 745. The van der Waals surface area contributed by atoms with Crippen molar-refractivity contribution in [1.29, 1.82) is 0 Å². The number of anilines is 1. The van der Waals surface area contributed by atoms with Gasteiger partial charge in [0.2, 0.25) is 11.8 Å². The summed E-state index contributed by atoms with van der Waals surface area (Å²) in [5, 5.41) is 8.29. The zero-order valence-electron chi connectivity index (χ0n) is 12.4. The second kappa shape index (κ2) is 5.40. The molecule has 1 heterocycles. The fraction of sp³-hybridized carbons (Fsp3) is 0.176. The van der Waals surface area contributed by atoms with Crippen LogP contribution >= 0.6 is 0 Å². The maximum absolute atomic E-state index is 5.79. The van der Waals surface area contributed by atoms with Crippen LogP contribution in [0, 0.1) is 6.92 Å². The molecule has 4 nitrogen and oxygen atoms in total. The molecule has 0 N–H and O–H groups in total. The molecule has 0 aliphatic carbocycles. The quantitative estimate of drug-likeness (QED) is 0.731. The van der Waals surface area contributed by atoms with Gasteiger partial charge < -0.3 is 9.32 Å². The molecule has 0 aliphatic heterocycles. The molecule has 0 fully saturated rings. The van der Waals surface area contributed by atoms with Gasteiger partial charge in [-0.25, -0.2) is 0 Å². The highest BCUT2D eigenvalue weighted by Gasteiger charge is 2.11. The molecule has 0 spiro atoms. The smallest absolute Gasteiger partial charge is 0.248 e. The summed E-state index contributed by atoms with van der Waals surface area (Å²) in [5.41, 5.74) is 4.16. The summed E-state index contributed by atoms with van der Waals surface area (Å²) in [6, 6.07) is 16.1. The van der Waals surface area contributed by atoms with Gasteiger partial charge >= 0.3 is 0 Å². The van der Waals surface area contributed by atoms with Gasteiger partial charge in [0.1, 0.15) is 0 Å². The van der Waals surface area contributed by atoms with Crippen molar-refractivity contribution < 1.29 is 4.42 Å². The van der Waals surface area contributed by atoms with Crippen LogP contribution < -0.4 is 4.90 Å². The summed E-state index contributed by atoms with van der Waals surface area (Å²) in [4.78, 5) is 2.04. The van der Waals surface area contributed by atoms with Gasteiger partial charge in [-0.2, -0.15) is 0 Å². The van der Waals surface area contributed by atoms with Gasteiger partial charge in [0.05, 0.1) is 0 Å². The summed E-state index contributed by atoms with van der Waals surface area (Å²) in [6.07, 6.45) is 0. The van der Waals surface area contributed by atoms with Crippen molar-refractivity contribution >= 4 is 5.69 Å². The Labute approximate surface area is 124 Å². The number of aromatic nitrogens is 2. The van der Waals surface area contributed by atoms with Gasteiger partial charge in [0.25, 0.3) is 0 Å². The minimum Gasteiger partial charge on any atom is -0.416 e. The number of benzene rings is 2. The number of hydrogen-bond acceptors (Lipinski definition) is 4. The summed E-state index contributed by atoms with van der Waals surface area (Å²) >= 11 is 0. The molecule has 1 aromatic heterocycles. The Balaban J connectivity index is 1.94. The molecule has 0 bridgehead atoms. The van der Waals surface area contributed by atoms with Crippen molar-refractivity contribution in [2.24, 2.45) is 0 Å². The van der Waals surface area contributed by atoms with Crippen LogP contribution in [0.3, 0.4) is 0 Å². The van der Waals surface area contributed by atoms with Crippen LogP contribution in [0.5, 0.6) is 0 Å². The van der Waals surface area contributed by atoms with E-state index < -0.39 is 0 Å². The van der Waals surface area contributed by atoms with E-state index in [4.69, 9.17) is 4.42 Å². The monoisotopic (exact) mass is 279 g/mol. The third-order valence-electron chi connectivity index (χ3n) is 3.33. The van der Waals surface area contributed by atoms with E-state index in [9.17, 15) is 0 Å². The summed E-state index contributed by atoms with van der Waals surface area (Å²) in [5.74, 6) is 1.08. The lowest BCUT2D eigenvalue weighted by molar-refractivity contribution is 0.584. The highest BCUT2D eigenvalue weighted by atomic mass is 16.4. The van der Waals surface area contributed by atoms with Crippen molar-refractivity contribution in [1.82, 2.24) is 10.2 Å². The zero-order valence-corrected chi connectivity index (χ0v) is 12.4. The predicted octanol–water partition coefficient (Wildman–Crippen LogP) is 3.78. The van der Waals surface area contributed by atoms with Gasteiger partial charge in [-0.05, 0) is 37.3 Å². The SMILES string of the molecule is Cc1ccc(-c2nnc(-c3cccc(N(C)C)c3)o2)cc1. The van der Waals surface area contributed by atoms with E-state index >= 15 is 0 Å². The zero-order chi connectivity index (χ0) is 14.8. The maximum Gasteiger partial charge on any atom is 0.248 e. The number of nitrogens with zero attached hydrogens (tertiary/aromatic N) is 3. The van der Waals surface area contributed by atoms with Gasteiger partial charge in [0.15, 0.2) is 0 Å². The largest absolute Gasteiger partial charge is 0.416 e. The first-order valence-corrected chi connectivity index (χ1v) is 6.82. The highest BCUT2D eigenvalue weighted by Crippen LogP contribution is 2.26. The van der Waals surface area contributed by atoms with E-state index in [0.29, 0.717) is 11.8 Å². The van der Waals surface area contributed by atoms with Gasteiger partial charge in [0, 0.05) is 30.9 Å². The first kappa shape index (κ1) is 13.4. The Morgan fingerprint density at radius 3 is 2.19 bits per heavy atom. The first-order valence-electron chi connectivity index (χ1n) is 6.82. The van der Waals surface area contributed by atoms with Gasteiger partial charge in [-0.15, -0.1) is 10.2 Å². The number of rotatable bonds is 3. The lowest BCUT2D eigenvalue weighted by Gasteiger charge is -2.12. The van der Waals surface area contributed by atoms with Crippen LogP contribution in [0.2, 0.25) is 0 Å². The fourth-order valence-corrected chi connectivity index (χ4v) is 2.07. The summed E-state index contributed by atoms with van der Waals surface area (Å²) in [6.45, 7) is 2.05. The molecule has 106 valence electrons. The predicted molar refractivity (Wildman–Crippen MR) is 84.2 cm³/mol. The third-order valence-corrected chi connectivity index (χ3v) is 3.33. The molecule has 3 aromatic rings. The Hall–Kier alpha value is -2.62. The Kier molecular flexibility index (Phi) is 3.44. The Morgan fingerprint density at radius 2 is 1.52 bits per heavy atom. The average Bonchev–Trinajstić information content (AvgIpc) is 2.98. The minimum atomic E-state index is 0.536. The summed E-state index contributed by atoms with van der Waals surface area (Å²) < 4.78 is 5.79. The maximum atomic E-state index is 5.79. The van der Waals surface area contributed by atoms with Crippen molar-refractivity contribution in [2.75, 3.05) is 19.0 Å². The van der Waals surface area contributed by atoms with E-state index in [0.717, 1.165) is 16.8 Å². The van der Waals surface area contributed by atoms with Crippen molar-refractivity contribution in [3.05, 3.63) is 54.1 Å². The van der Waals surface area contributed by atoms with Gasteiger partial charge in [-0.3, -0.25) is 0 Å². The van der Waals surface area contributed by atoms with Crippen molar-refractivity contribution in [3.63, 3.8) is 0 Å². The molecule has 0 atom stereocenters. The van der Waals surface area contributed by atoms with Crippen LogP contribution in [0.1, 0.15) is 5.56 Å². The molecule has 0 aliphatic rings. The molecule has 0 unspecified atom stereocenters. The molecule has 2 aromatic carbocycles. The second-order valence-electron chi connectivity index (χ2n) is 5.22. The average molecular weight is 279 g/mol. The van der Waals surface area contributed by atoms with E-state index in [2.05, 4.69) is 17.1 Å². The third kappa shape index (κ3) is 2.79. The molecule has 4 heteroatoms. The van der Waals surface area contributed by atoms with Crippen LogP contribution in [0.4, 0.5) is 5.69 Å². The molecule has 3 rings (SSSR count). The lowest BCUT2D eigenvalue weighted by Crippen LogP contribution is -2.08. The molecule has 0 saturated heterocycles. The van der Waals surface area contributed by atoms with Crippen LogP contribution in [-0.4, -0.2) is 24.3 Å². The molecule has 0 radical (unpaired) electrons. The van der Waals surface area contributed by atoms with Crippen molar-refractivity contribution in [2.45, 2.75) is 6.92 Å². The normalized spacial score (nSPS) is 10.6. The number of hydrogen-bond donors (Lipinski definition) is 0. The van der Waals surface area contributed by atoms with Crippen LogP contribution in [-0.2, 0) is 0 Å². The highest BCUT2D eigenvalue weighted by molar-refractivity contribution is 5.63. The van der Waals surface area contributed by atoms with Crippen molar-refractivity contribution in [3.8, 4) is 22.9 Å². The number of aryl methyl sites for hydroxylation is 1. The van der Waals surface area contributed by atoms with Gasteiger partial charge in [-0.1, -0.05) is 23.8 Å². The molecule has 21 heavy (non-hydrogen) atoms. The Morgan fingerprint density at radius 1 is 0.857 bits per heavy atom. The molecule has 0 saturated carbocycles. The minimum absolute atomic E-state index is 0.536. The first-order chi connectivity index (χ1) is 10.1. The fourth-order valence-electron chi connectivity index (χ4n) is 2.07. The lowest BCUT2D eigenvalue weighted by atomic mass is 10.1. The molecular weight excluding hydrogens is 262 g/mol. The molecule has 0 amide bonds. The van der Waals surface area contributed by atoms with E-state index in [-0.39, 0.29) is 0 Å². The van der Waals surface area contributed by atoms with E-state index in [1.165, 1.54) is 5.56 Å². The van der Waals surface area contributed by atoms with Crippen LogP contribution in [0.25, 0.3) is 22.9 Å². The topological polar surface area (TPSA) is 42.2 Å². The van der Waals surface area contributed by atoms with Crippen LogP contribution in [0.15, 0.2) is 52.9 Å².